The highest BCUT2D eigenvalue weighted by Crippen LogP contribution is 2.44. The molecule has 4 nitrogen and oxygen atoms in total. The molecule has 1 unspecified atom stereocenters. The maximum atomic E-state index is 6.74. The Hall–Kier alpha value is -2.73. The highest BCUT2D eigenvalue weighted by Gasteiger charge is 2.40. The first kappa shape index (κ1) is 38.7. The number of likely N-dealkylation sites (tertiary alicyclic amines) is 1. The van der Waals surface area contributed by atoms with Crippen molar-refractivity contribution in [1.29, 1.82) is 0 Å². The maximum Gasteiger partial charge on any atom is 0.127 e. The van der Waals surface area contributed by atoms with Gasteiger partial charge in [0.25, 0.3) is 0 Å². The number of ether oxygens (including phenoxy) is 1. The van der Waals surface area contributed by atoms with Crippen LogP contribution in [0.25, 0.3) is 0 Å². The van der Waals surface area contributed by atoms with E-state index >= 15 is 0 Å². The van der Waals surface area contributed by atoms with E-state index in [9.17, 15) is 0 Å². The van der Waals surface area contributed by atoms with Crippen molar-refractivity contribution in [2.45, 2.75) is 77.5 Å². The summed E-state index contributed by atoms with van der Waals surface area (Å²) in [5.74, 6) is 1.47. The molecular weight excluding hydrogens is 645 g/mol. The fraction of sp³-hybridized carbons (Fsp3) is 0.400. The third kappa shape index (κ3) is 8.85. The third-order valence-corrected chi connectivity index (χ3v) is 10.3. The third-order valence-electron chi connectivity index (χ3n) is 10.3. The number of nitrogen functional groups attached to an aromatic ring is 1. The van der Waals surface area contributed by atoms with Crippen LogP contribution in [0.2, 0.25) is 0 Å². The van der Waals surface area contributed by atoms with Gasteiger partial charge in [-0.05, 0) is 100.0 Å². The molecule has 4 aromatic carbocycles. The van der Waals surface area contributed by atoms with Crippen LogP contribution in [-0.2, 0) is 13.0 Å². The van der Waals surface area contributed by atoms with E-state index in [4.69, 9.17) is 10.5 Å². The van der Waals surface area contributed by atoms with Crippen LogP contribution in [-0.4, -0.2) is 47.6 Å². The summed E-state index contributed by atoms with van der Waals surface area (Å²) in [6.07, 6.45) is 4.40. The largest absolute Gasteiger partial charge is 0.485 e. The Morgan fingerprint density at radius 3 is 1.87 bits per heavy atom. The van der Waals surface area contributed by atoms with Gasteiger partial charge in [0.2, 0.25) is 0 Å². The number of hydrogen-bond donors (Lipinski definition) is 1. The minimum Gasteiger partial charge on any atom is -0.485 e. The predicted molar refractivity (Wildman–Crippen MR) is 205 cm³/mol. The SMILES string of the molecule is Cc1c(C)c2c(c(C)c1N)CC(C)(CN1CCC(N(CCC(c3ccccc3)c3ccccc3)Cc3ccccc3)CC1)O2.Cl.Cl.Cl. The Morgan fingerprint density at radius 2 is 1.32 bits per heavy atom. The molecule has 0 aliphatic carbocycles. The Bertz CT molecular complexity index is 1470. The molecule has 47 heavy (non-hydrogen) atoms. The lowest BCUT2D eigenvalue weighted by atomic mass is 9.88. The van der Waals surface area contributed by atoms with E-state index in [0.29, 0.717) is 12.0 Å². The Kier molecular flexibility index (Phi) is 14.1. The van der Waals surface area contributed by atoms with Gasteiger partial charge >= 0.3 is 0 Å². The summed E-state index contributed by atoms with van der Waals surface area (Å²) in [5.41, 5.74) is 16.3. The number of hydrogen-bond acceptors (Lipinski definition) is 4. The van der Waals surface area contributed by atoms with Gasteiger partial charge in [-0.25, -0.2) is 0 Å². The summed E-state index contributed by atoms with van der Waals surface area (Å²) in [7, 11) is 0. The topological polar surface area (TPSA) is 41.7 Å². The molecule has 2 aliphatic heterocycles. The van der Waals surface area contributed by atoms with Crippen LogP contribution in [0, 0.1) is 20.8 Å². The van der Waals surface area contributed by atoms with Crippen molar-refractivity contribution in [3.05, 3.63) is 130 Å². The molecule has 254 valence electrons. The van der Waals surface area contributed by atoms with E-state index in [-0.39, 0.29) is 42.8 Å². The lowest BCUT2D eigenvalue weighted by Crippen LogP contribution is -2.50. The maximum absolute atomic E-state index is 6.74. The molecule has 6 rings (SSSR count). The first-order valence-corrected chi connectivity index (χ1v) is 16.5. The molecule has 0 radical (unpaired) electrons. The van der Waals surface area contributed by atoms with Gasteiger partial charge in [-0.1, -0.05) is 91.0 Å². The van der Waals surface area contributed by atoms with Gasteiger partial charge < -0.3 is 10.5 Å². The van der Waals surface area contributed by atoms with E-state index in [2.05, 4.69) is 128 Å². The molecule has 2 heterocycles. The van der Waals surface area contributed by atoms with Crippen LogP contribution in [0.3, 0.4) is 0 Å². The lowest BCUT2D eigenvalue weighted by molar-refractivity contribution is 0.0344. The van der Waals surface area contributed by atoms with Crippen molar-refractivity contribution >= 4 is 42.9 Å². The molecule has 2 aliphatic rings. The van der Waals surface area contributed by atoms with Gasteiger partial charge in [0.05, 0.1) is 0 Å². The zero-order valence-corrected chi connectivity index (χ0v) is 30.7. The molecule has 4 aromatic rings. The molecule has 0 saturated carbocycles. The number of fused-ring (bicyclic) bond motifs is 1. The molecule has 2 N–H and O–H groups in total. The van der Waals surface area contributed by atoms with Crippen molar-refractivity contribution in [3.63, 3.8) is 0 Å². The lowest BCUT2D eigenvalue weighted by Gasteiger charge is -2.41. The molecule has 1 saturated heterocycles. The van der Waals surface area contributed by atoms with E-state index in [0.717, 1.165) is 62.6 Å². The fourth-order valence-corrected chi connectivity index (χ4v) is 7.62. The van der Waals surface area contributed by atoms with E-state index in [1.165, 1.54) is 46.2 Å². The average Bonchev–Trinajstić information content (AvgIpc) is 3.41. The molecule has 1 fully saturated rings. The monoisotopic (exact) mass is 695 g/mol. The summed E-state index contributed by atoms with van der Waals surface area (Å²) in [6.45, 7) is 13.9. The van der Waals surface area contributed by atoms with Gasteiger partial charge in [-0.2, -0.15) is 0 Å². The Labute approximate surface area is 301 Å². The van der Waals surface area contributed by atoms with Gasteiger partial charge in [-0.15, -0.1) is 37.2 Å². The summed E-state index contributed by atoms with van der Waals surface area (Å²) >= 11 is 0. The number of nitrogens with two attached hydrogens (primary N) is 1. The number of rotatable bonds is 10. The second-order valence-electron chi connectivity index (χ2n) is 13.5. The number of anilines is 1. The van der Waals surface area contributed by atoms with Crippen LogP contribution in [0.15, 0.2) is 91.0 Å². The summed E-state index contributed by atoms with van der Waals surface area (Å²) in [4.78, 5) is 5.41. The van der Waals surface area contributed by atoms with Crippen molar-refractivity contribution < 1.29 is 4.74 Å². The number of nitrogens with zero attached hydrogens (tertiary/aromatic N) is 2. The highest BCUT2D eigenvalue weighted by molar-refractivity contribution is 5.86. The van der Waals surface area contributed by atoms with Crippen LogP contribution in [0.4, 0.5) is 5.69 Å². The normalized spacial score (nSPS) is 17.7. The van der Waals surface area contributed by atoms with E-state index in [1.54, 1.807) is 0 Å². The van der Waals surface area contributed by atoms with Crippen LogP contribution >= 0.6 is 37.2 Å². The molecule has 0 spiro atoms. The summed E-state index contributed by atoms with van der Waals surface area (Å²) < 4.78 is 6.74. The van der Waals surface area contributed by atoms with Crippen molar-refractivity contribution in [3.8, 4) is 5.75 Å². The molecule has 0 amide bonds. The highest BCUT2D eigenvalue weighted by atomic mass is 35.5. The van der Waals surface area contributed by atoms with E-state index in [1.807, 2.05) is 0 Å². The predicted octanol–water partition coefficient (Wildman–Crippen LogP) is 9.34. The first-order chi connectivity index (χ1) is 21.3. The average molecular weight is 697 g/mol. The van der Waals surface area contributed by atoms with Crippen molar-refractivity contribution in [2.24, 2.45) is 0 Å². The summed E-state index contributed by atoms with van der Waals surface area (Å²) in [6, 6.07) is 33.7. The molecule has 0 aromatic heterocycles. The smallest absolute Gasteiger partial charge is 0.127 e. The molecule has 1 atom stereocenters. The Balaban J connectivity index is 0.00000200. The number of piperidine rings is 1. The fourth-order valence-electron chi connectivity index (χ4n) is 7.62. The first-order valence-electron chi connectivity index (χ1n) is 16.5. The van der Waals surface area contributed by atoms with Crippen LogP contribution in [0.1, 0.15) is 71.0 Å². The number of benzene rings is 4. The Morgan fingerprint density at radius 1 is 0.787 bits per heavy atom. The number of halogens is 3. The zero-order valence-electron chi connectivity index (χ0n) is 28.3. The van der Waals surface area contributed by atoms with Gasteiger partial charge in [-0.3, -0.25) is 9.80 Å². The minimum absolute atomic E-state index is 0. The van der Waals surface area contributed by atoms with Gasteiger partial charge in [0, 0.05) is 42.7 Å². The second kappa shape index (κ2) is 17.1. The van der Waals surface area contributed by atoms with E-state index < -0.39 is 0 Å². The van der Waals surface area contributed by atoms with Crippen molar-refractivity contribution in [1.82, 2.24) is 9.80 Å². The standard InChI is InChI=1S/C40H49N3O.3ClH/c1-29-30(2)39-37(31(3)38(29)41)26-40(4,44-39)28-42-23-20-35(21-24-42)43(27-32-14-8-5-9-15-32)25-22-36(33-16-10-6-11-17-33)34-18-12-7-13-19-34;;;/h5-19,35-36H,20-28,41H2,1-4H3;3*1H. The summed E-state index contributed by atoms with van der Waals surface area (Å²) in [5, 5.41) is 0. The molecule has 7 heteroatoms. The quantitative estimate of drug-likeness (QED) is 0.168. The molecule has 0 bridgehead atoms. The van der Waals surface area contributed by atoms with Crippen LogP contribution in [0.5, 0.6) is 5.75 Å². The van der Waals surface area contributed by atoms with Gasteiger partial charge in [0.15, 0.2) is 0 Å². The zero-order chi connectivity index (χ0) is 30.7. The molecular formula is C40H52Cl3N3O. The van der Waals surface area contributed by atoms with Crippen LogP contribution < -0.4 is 10.5 Å². The minimum atomic E-state index is -0.215. The van der Waals surface area contributed by atoms with Crippen molar-refractivity contribution in [2.75, 3.05) is 31.9 Å². The van der Waals surface area contributed by atoms with Gasteiger partial charge in [0.1, 0.15) is 11.4 Å². The second-order valence-corrected chi connectivity index (χ2v) is 13.5.